The van der Waals surface area contributed by atoms with Crippen LogP contribution in [-0.4, -0.2) is 88.6 Å². The molecular weight excluding hydrogens is 1090 g/mol. The van der Waals surface area contributed by atoms with Crippen LogP contribution >= 0.6 is 11.6 Å². The van der Waals surface area contributed by atoms with E-state index < -0.39 is 0 Å². The third-order valence-corrected chi connectivity index (χ3v) is 12.9. The summed E-state index contributed by atoms with van der Waals surface area (Å²) in [5.74, 6) is -0.0596. The zero-order valence-electron chi connectivity index (χ0n) is 50.5. The molecule has 14 nitrogen and oxygen atoms in total. The highest BCUT2D eigenvalue weighted by Crippen LogP contribution is 2.26. The molecule has 0 aliphatic carbocycles. The topological polar surface area (TPSA) is 209 Å². The highest BCUT2D eigenvalue weighted by atomic mass is 35.5. The number of Topliss-reactive ketones (excluding diaryl/α,β-unsaturated/α-hetero) is 6. The molecule has 85 heavy (non-hydrogen) atoms. The predicted molar refractivity (Wildman–Crippen MR) is 348 cm³/mol. The van der Waals surface area contributed by atoms with Crippen LogP contribution in [-0.2, 0) is 17.8 Å². The van der Waals surface area contributed by atoms with Crippen molar-refractivity contribution in [2.75, 3.05) is 68.9 Å². The van der Waals surface area contributed by atoms with Gasteiger partial charge in [-0.3, -0.25) is 38.4 Å². The van der Waals surface area contributed by atoms with E-state index in [4.69, 9.17) is 11.6 Å². The monoisotopic (exact) mass is 1160 g/mol. The molecule has 0 unspecified atom stereocenters. The van der Waals surface area contributed by atoms with E-state index in [0.29, 0.717) is 50.5 Å². The number of hydrogen-bond acceptors (Lipinski definition) is 14. The molecule has 0 atom stereocenters. The van der Waals surface area contributed by atoms with E-state index in [1.54, 1.807) is 115 Å². The zero-order valence-corrected chi connectivity index (χ0v) is 51.2. The average Bonchev–Trinajstić information content (AvgIpc) is 3.56. The maximum absolute atomic E-state index is 12.6. The molecule has 0 radical (unpaired) electrons. The third kappa shape index (κ3) is 22.9. The van der Waals surface area contributed by atoms with Crippen LogP contribution in [0.4, 0.5) is 28.4 Å². The standard InChI is InChI=1S/C16H14ClNO2.C16H15NO2.2C10H13NO.2C9H11NO/c1-10(19)12-5-3-4-6-13(12)16(20)11-7-8-14(17)15(9-11)18-2;1-11(18)12-7-3-4-8-13(12)16(19)14-9-5-6-10-15(14)17-2;1-8(12)10-5-3-4-9(6-10)7-11-2;1-8(12)6-9-4-3-5-10(7-9)11-2;1-7(11)8-4-3-5-9(6-8)10-2;1-7(11)8-5-3-4-6-9(8)10-2/h3-9,18H,1-2H3;3-10,17H,1-2H3;3-6,11H,7H2,1-2H3;3-5,7,11H,6H2,1-2H3;2*3-6,10H,1-2H3. The normalized spacial score (nSPS) is 9.75. The van der Waals surface area contributed by atoms with Gasteiger partial charge in [0.2, 0.25) is 0 Å². The van der Waals surface area contributed by atoms with E-state index in [0.717, 1.165) is 57.1 Å². The zero-order chi connectivity index (χ0) is 63.0. The van der Waals surface area contributed by atoms with Crippen LogP contribution < -0.4 is 31.9 Å². The van der Waals surface area contributed by atoms with E-state index in [2.05, 4.69) is 31.9 Å². The average molecular weight is 1170 g/mol. The van der Waals surface area contributed by atoms with Crippen LogP contribution in [0, 0.1) is 0 Å². The molecule has 0 fully saturated rings. The van der Waals surface area contributed by atoms with Gasteiger partial charge in [0.05, 0.1) is 10.7 Å². The number of halogens is 1. The number of anilines is 5. The first kappa shape index (κ1) is 69.6. The lowest BCUT2D eigenvalue weighted by Gasteiger charge is -2.10. The van der Waals surface area contributed by atoms with Crippen LogP contribution in [0.15, 0.2) is 188 Å². The number of ketones is 8. The Morgan fingerprint density at radius 2 is 0.741 bits per heavy atom. The van der Waals surface area contributed by atoms with Gasteiger partial charge in [0.1, 0.15) is 5.78 Å². The lowest BCUT2D eigenvalue weighted by Crippen LogP contribution is -2.10. The first-order valence-electron chi connectivity index (χ1n) is 27.2. The predicted octanol–water partition coefficient (Wildman–Crippen LogP) is 14.3. The van der Waals surface area contributed by atoms with Gasteiger partial charge in [-0.1, -0.05) is 127 Å². The maximum Gasteiger partial charge on any atom is 0.195 e. The van der Waals surface area contributed by atoms with Gasteiger partial charge in [0.15, 0.2) is 40.5 Å². The Labute approximate surface area is 505 Å². The molecule has 442 valence electrons. The Bertz CT molecular complexity index is 3580. The van der Waals surface area contributed by atoms with E-state index >= 15 is 0 Å². The van der Waals surface area contributed by atoms with Crippen LogP contribution in [0.1, 0.15) is 136 Å². The fraction of sp³-hybridized carbons (Fsp3) is 0.200. The molecule has 8 aromatic carbocycles. The van der Waals surface area contributed by atoms with Gasteiger partial charge < -0.3 is 31.9 Å². The number of hydrogen-bond donors (Lipinski definition) is 6. The first-order valence-corrected chi connectivity index (χ1v) is 27.6. The molecule has 0 aliphatic rings. The van der Waals surface area contributed by atoms with Gasteiger partial charge in [-0.05, 0) is 133 Å². The summed E-state index contributed by atoms with van der Waals surface area (Å²) in [4.78, 5) is 91.9. The SMILES string of the molecule is CNCc1cccc(C(C)=O)c1.CNc1cc(C(=O)c2ccccc2C(C)=O)ccc1Cl.CNc1cccc(C(C)=O)c1.CNc1cccc(CC(C)=O)c1.CNc1ccccc1C(=O)c1ccccc1C(C)=O.CNc1ccccc1C(C)=O. The highest BCUT2D eigenvalue weighted by Gasteiger charge is 2.19. The molecule has 0 aromatic heterocycles. The van der Waals surface area contributed by atoms with Gasteiger partial charge >= 0.3 is 0 Å². The van der Waals surface area contributed by atoms with Crippen molar-refractivity contribution in [1.29, 1.82) is 0 Å². The number of nitrogens with one attached hydrogen (secondary N) is 6. The number of rotatable bonds is 18. The van der Waals surface area contributed by atoms with Crippen LogP contribution in [0.25, 0.3) is 0 Å². The van der Waals surface area contributed by atoms with Crippen molar-refractivity contribution >= 4 is 86.3 Å². The summed E-state index contributed by atoms with van der Waals surface area (Å²) in [7, 11) is 10.9. The van der Waals surface area contributed by atoms with Crippen molar-refractivity contribution in [2.24, 2.45) is 0 Å². The Morgan fingerprint density at radius 1 is 0.329 bits per heavy atom. The number of carbonyl (C=O) groups is 8. The molecular formula is C70H77ClN6O8. The van der Waals surface area contributed by atoms with Gasteiger partial charge in [0.25, 0.3) is 0 Å². The van der Waals surface area contributed by atoms with Crippen molar-refractivity contribution in [3.05, 3.63) is 254 Å². The van der Waals surface area contributed by atoms with Crippen molar-refractivity contribution in [2.45, 2.75) is 54.5 Å². The summed E-state index contributed by atoms with van der Waals surface area (Å²) in [6.07, 6.45) is 0.523. The summed E-state index contributed by atoms with van der Waals surface area (Å²) in [6, 6.07) is 56.4. The van der Waals surface area contributed by atoms with E-state index in [1.807, 2.05) is 143 Å². The van der Waals surface area contributed by atoms with Crippen molar-refractivity contribution < 1.29 is 38.4 Å². The van der Waals surface area contributed by atoms with Gasteiger partial charge in [-0.25, -0.2) is 0 Å². The van der Waals surface area contributed by atoms with Gasteiger partial charge in [-0.2, -0.15) is 0 Å². The van der Waals surface area contributed by atoms with Crippen LogP contribution in [0.2, 0.25) is 5.02 Å². The molecule has 0 aliphatic heterocycles. The van der Waals surface area contributed by atoms with Gasteiger partial charge in [-0.15, -0.1) is 0 Å². The molecule has 6 N–H and O–H groups in total. The highest BCUT2D eigenvalue weighted by molar-refractivity contribution is 6.33. The van der Waals surface area contributed by atoms with E-state index in [-0.39, 0.29) is 46.3 Å². The molecule has 8 aromatic rings. The Hall–Kier alpha value is -9.63. The molecule has 0 saturated carbocycles. The molecule has 0 spiro atoms. The summed E-state index contributed by atoms with van der Waals surface area (Å²) < 4.78 is 0. The van der Waals surface area contributed by atoms with Crippen molar-refractivity contribution in [1.82, 2.24) is 5.32 Å². The van der Waals surface area contributed by atoms with E-state index in [1.165, 1.54) is 13.8 Å². The molecule has 0 bridgehead atoms. The Kier molecular flexibility index (Phi) is 30.1. The maximum atomic E-state index is 12.6. The lowest BCUT2D eigenvalue weighted by atomic mass is 9.95. The Morgan fingerprint density at radius 3 is 1.20 bits per heavy atom. The second kappa shape index (κ2) is 36.8. The minimum Gasteiger partial charge on any atom is -0.388 e. The molecule has 8 rings (SSSR count). The quantitative estimate of drug-likeness (QED) is 0.0442. The Balaban J connectivity index is 0.000000272. The number of para-hydroxylation sites is 2. The van der Waals surface area contributed by atoms with Crippen molar-refractivity contribution in [3.63, 3.8) is 0 Å². The van der Waals surface area contributed by atoms with Crippen LogP contribution in [0.3, 0.4) is 0 Å². The largest absolute Gasteiger partial charge is 0.388 e. The van der Waals surface area contributed by atoms with Crippen LogP contribution in [0.5, 0.6) is 0 Å². The first-order chi connectivity index (χ1) is 40.6. The molecule has 0 amide bonds. The fourth-order valence-corrected chi connectivity index (χ4v) is 8.38. The molecule has 0 heterocycles. The molecule has 0 saturated heterocycles. The lowest BCUT2D eigenvalue weighted by molar-refractivity contribution is -0.116. The van der Waals surface area contributed by atoms with Crippen molar-refractivity contribution in [3.8, 4) is 0 Å². The summed E-state index contributed by atoms with van der Waals surface area (Å²) in [6.45, 7) is 10.0. The smallest absolute Gasteiger partial charge is 0.195 e. The summed E-state index contributed by atoms with van der Waals surface area (Å²) in [5.41, 5.74) is 11.6. The summed E-state index contributed by atoms with van der Waals surface area (Å²) in [5, 5.41) is 18.5. The minimum absolute atomic E-state index is 0.0925. The number of carbonyl (C=O) groups excluding carboxylic acids is 8. The minimum atomic E-state index is -0.191. The fourth-order valence-electron chi connectivity index (χ4n) is 8.16. The van der Waals surface area contributed by atoms with E-state index in [9.17, 15) is 38.4 Å². The molecule has 15 heteroatoms. The summed E-state index contributed by atoms with van der Waals surface area (Å²) >= 11 is 6.00. The number of benzene rings is 8. The third-order valence-electron chi connectivity index (χ3n) is 12.6. The second-order valence-electron chi connectivity index (χ2n) is 19.0. The second-order valence-corrected chi connectivity index (χ2v) is 19.4. The van der Waals surface area contributed by atoms with Gasteiger partial charge in [0, 0.05) is 121 Å².